The summed E-state index contributed by atoms with van der Waals surface area (Å²) in [4.78, 5) is 26.4. The number of aromatic nitrogens is 2. The largest absolute Gasteiger partial charge is 0.420 e. The molecule has 1 saturated heterocycles. The van der Waals surface area contributed by atoms with Crippen molar-refractivity contribution in [2.75, 3.05) is 56.2 Å². The number of fused-ring (bicyclic) bond motifs is 1. The molecule has 1 N–H and O–H groups in total. The van der Waals surface area contributed by atoms with Crippen LogP contribution in [0.25, 0.3) is 10.6 Å². The fourth-order valence-electron chi connectivity index (χ4n) is 5.17. The Morgan fingerprint density at radius 3 is 2.59 bits per heavy atom. The second kappa shape index (κ2) is 10.9. The van der Waals surface area contributed by atoms with Crippen LogP contribution in [0.4, 0.5) is 30.5 Å². The van der Waals surface area contributed by atoms with Crippen molar-refractivity contribution in [1.82, 2.24) is 19.8 Å². The van der Waals surface area contributed by atoms with Gasteiger partial charge in [0.05, 0.1) is 21.2 Å². The van der Waals surface area contributed by atoms with Crippen LogP contribution < -0.4 is 10.2 Å². The highest BCUT2D eigenvalue weighted by Crippen LogP contribution is 2.42. The van der Waals surface area contributed by atoms with Crippen LogP contribution in [0.5, 0.6) is 0 Å². The molecule has 2 aliphatic rings. The Morgan fingerprint density at radius 1 is 1.15 bits per heavy atom. The number of hydrogen-bond donors (Lipinski definition) is 1. The van der Waals surface area contributed by atoms with Crippen LogP contribution in [0.15, 0.2) is 35.4 Å². The highest BCUT2D eigenvalue weighted by atomic mass is 32.2. The molecule has 1 fully saturated rings. The van der Waals surface area contributed by atoms with E-state index in [9.17, 15) is 26.4 Å². The molecule has 9 nitrogen and oxygen atoms in total. The number of benzene rings is 1. The summed E-state index contributed by atoms with van der Waals surface area (Å²) in [6, 6.07) is 7.36. The maximum Gasteiger partial charge on any atom is 0.420 e. The van der Waals surface area contributed by atoms with Crippen LogP contribution in [-0.4, -0.2) is 86.2 Å². The average molecular weight is 609 g/mol. The van der Waals surface area contributed by atoms with Gasteiger partial charge in [-0.1, -0.05) is 6.92 Å². The van der Waals surface area contributed by atoms with Crippen LogP contribution in [0.1, 0.15) is 34.6 Å². The lowest BCUT2D eigenvalue weighted by atomic mass is 10.1. The average Bonchev–Trinajstić information content (AvgIpc) is 3.35. The van der Waals surface area contributed by atoms with E-state index >= 15 is 0 Å². The topological polar surface area (TPSA) is 98.7 Å². The Hall–Kier alpha value is -3.23. The maximum atomic E-state index is 14.0. The smallest absolute Gasteiger partial charge is 0.366 e. The van der Waals surface area contributed by atoms with Crippen molar-refractivity contribution in [3.05, 3.63) is 46.5 Å². The fourth-order valence-corrected chi connectivity index (χ4v) is 8.20. The molecule has 1 aromatic carbocycles. The molecule has 220 valence electrons. The van der Waals surface area contributed by atoms with E-state index in [2.05, 4.69) is 45.1 Å². The minimum absolute atomic E-state index is 0.000448. The van der Waals surface area contributed by atoms with Crippen molar-refractivity contribution in [2.45, 2.75) is 37.4 Å². The van der Waals surface area contributed by atoms with Gasteiger partial charge in [0.25, 0.3) is 5.91 Å². The molecule has 2 aromatic heterocycles. The van der Waals surface area contributed by atoms with E-state index in [1.165, 1.54) is 11.9 Å². The molecule has 41 heavy (non-hydrogen) atoms. The highest BCUT2D eigenvalue weighted by Gasteiger charge is 2.38. The second-order valence-corrected chi connectivity index (χ2v) is 13.6. The third kappa shape index (κ3) is 5.77. The first-order chi connectivity index (χ1) is 19.3. The van der Waals surface area contributed by atoms with Crippen molar-refractivity contribution in [2.24, 2.45) is 0 Å². The Labute approximate surface area is 240 Å². The van der Waals surface area contributed by atoms with Crippen LogP contribution in [-0.2, 0) is 22.4 Å². The zero-order valence-electron chi connectivity index (χ0n) is 23.1. The molecule has 0 radical (unpaired) electrons. The Balaban J connectivity index is 1.53. The number of carbonyl (C=O) groups excluding carboxylic acids is 1. The SMILES string of the molecule is CCc1cc(N2CCN(C)CC2C)ccc1Nc1ncc(C(F)(F)F)c(-c2cc3c(s2)C(=O)N(C)CCS3(=O)=O)n1. The van der Waals surface area contributed by atoms with Crippen molar-refractivity contribution < 1.29 is 26.4 Å². The molecule has 2 aliphatic heterocycles. The number of hydrogen-bond acceptors (Lipinski definition) is 9. The monoisotopic (exact) mass is 608 g/mol. The van der Waals surface area contributed by atoms with E-state index in [1.807, 2.05) is 19.1 Å². The molecule has 4 heterocycles. The van der Waals surface area contributed by atoms with Gasteiger partial charge in [0, 0.05) is 56.8 Å². The number of halogens is 3. The maximum absolute atomic E-state index is 14.0. The molecular formula is C27H31F3N6O3S2. The number of piperazine rings is 1. The number of sulfone groups is 1. The van der Waals surface area contributed by atoms with E-state index in [4.69, 9.17) is 0 Å². The number of aryl methyl sites for hydroxylation is 1. The van der Waals surface area contributed by atoms with Gasteiger partial charge in [-0.25, -0.2) is 18.4 Å². The molecule has 1 unspecified atom stereocenters. The van der Waals surface area contributed by atoms with E-state index in [-0.39, 0.29) is 32.9 Å². The van der Waals surface area contributed by atoms with Gasteiger partial charge in [-0.3, -0.25) is 4.79 Å². The van der Waals surface area contributed by atoms with E-state index in [0.717, 1.165) is 37.0 Å². The number of carbonyl (C=O) groups is 1. The first-order valence-corrected chi connectivity index (χ1v) is 15.7. The van der Waals surface area contributed by atoms with Gasteiger partial charge in [-0.15, -0.1) is 11.3 Å². The standard InChI is InChI=1S/C27H31F3N6O3S2/c1-5-17-12-18(36-9-8-34(3)15-16(36)2)6-7-20(17)32-26-31-14-19(27(28,29)30)23(33-26)21-13-22-24(40-21)25(37)35(4)10-11-41(22,38)39/h6-7,12-14,16H,5,8-11,15H2,1-4H3,(H,31,32,33). The third-order valence-electron chi connectivity index (χ3n) is 7.48. The number of thiophene rings is 1. The highest BCUT2D eigenvalue weighted by molar-refractivity contribution is 7.91. The Kier molecular flexibility index (Phi) is 7.76. The van der Waals surface area contributed by atoms with Gasteiger partial charge < -0.3 is 20.0 Å². The van der Waals surface area contributed by atoms with Crippen LogP contribution >= 0.6 is 11.3 Å². The normalized spacial score (nSPS) is 19.7. The molecule has 3 aromatic rings. The van der Waals surface area contributed by atoms with Crippen molar-refractivity contribution in [1.29, 1.82) is 0 Å². The van der Waals surface area contributed by atoms with Gasteiger partial charge in [0.15, 0.2) is 9.84 Å². The zero-order chi connectivity index (χ0) is 29.7. The van der Waals surface area contributed by atoms with Crippen molar-refractivity contribution in [3.63, 3.8) is 0 Å². The lowest BCUT2D eigenvalue weighted by Gasteiger charge is -2.40. The third-order valence-corrected chi connectivity index (χ3v) is 10.4. The van der Waals surface area contributed by atoms with Crippen LogP contribution in [0.2, 0.25) is 0 Å². The molecule has 0 aliphatic carbocycles. The number of amides is 1. The lowest BCUT2D eigenvalue weighted by Crippen LogP contribution is -2.50. The van der Waals surface area contributed by atoms with Gasteiger partial charge in [0.2, 0.25) is 5.95 Å². The molecule has 0 saturated carbocycles. The molecule has 5 rings (SSSR count). The second-order valence-electron chi connectivity index (χ2n) is 10.4. The molecule has 0 spiro atoms. The number of rotatable bonds is 5. The number of nitrogens with zero attached hydrogens (tertiary/aromatic N) is 5. The summed E-state index contributed by atoms with van der Waals surface area (Å²) >= 11 is 0.690. The van der Waals surface area contributed by atoms with Crippen molar-refractivity contribution in [3.8, 4) is 10.6 Å². The summed E-state index contributed by atoms with van der Waals surface area (Å²) < 4.78 is 67.7. The zero-order valence-corrected chi connectivity index (χ0v) is 24.8. The molecule has 1 atom stereocenters. The summed E-state index contributed by atoms with van der Waals surface area (Å²) in [5, 5.41) is 3.06. The summed E-state index contributed by atoms with van der Waals surface area (Å²) in [5.74, 6) is -0.942. The van der Waals surface area contributed by atoms with E-state index in [1.54, 1.807) is 0 Å². The predicted molar refractivity (Wildman–Crippen MR) is 153 cm³/mol. The summed E-state index contributed by atoms with van der Waals surface area (Å²) in [6.45, 7) is 6.94. The summed E-state index contributed by atoms with van der Waals surface area (Å²) in [7, 11) is -0.312. The van der Waals surface area contributed by atoms with Gasteiger partial charge in [-0.05, 0) is 50.2 Å². The number of nitrogens with one attached hydrogen (secondary N) is 1. The summed E-state index contributed by atoms with van der Waals surface area (Å²) in [5.41, 5.74) is 1.07. The first-order valence-electron chi connectivity index (χ1n) is 13.2. The van der Waals surface area contributed by atoms with Crippen LogP contribution in [0, 0.1) is 0 Å². The molecule has 0 bridgehead atoms. The van der Waals surface area contributed by atoms with Crippen molar-refractivity contribution >= 4 is 44.4 Å². The predicted octanol–water partition coefficient (Wildman–Crippen LogP) is 4.53. The number of likely N-dealkylation sites (N-methyl/N-ethyl adjacent to an activating group) is 1. The van der Waals surface area contributed by atoms with Gasteiger partial charge >= 0.3 is 6.18 Å². The van der Waals surface area contributed by atoms with Gasteiger partial charge in [0.1, 0.15) is 10.4 Å². The molecule has 1 amide bonds. The fraction of sp³-hybridized carbons (Fsp3) is 0.444. The lowest BCUT2D eigenvalue weighted by molar-refractivity contribution is -0.137. The first kappa shape index (κ1) is 29.3. The Bertz CT molecular complexity index is 1590. The number of alkyl halides is 3. The minimum Gasteiger partial charge on any atom is -0.366 e. The van der Waals surface area contributed by atoms with E-state index in [0.29, 0.717) is 35.7 Å². The summed E-state index contributed by atoms with van der Waals surface area (Å²) in [6.07, 6.45) is -3.45. The minimum atomic E-state index is -4.80. The van der Waals surface area contributed by atoms with Gasteiger partial charge in [-0.2, -0.15) is 13.2 Å². The quantitative estimate of drug-likeness (QED) is 0.451. The molecule has 14 heteroatoms. The Morgan fingerprint density at radius 2 is 1.90 bits per heavy atom. The van der Waals surface area contributed by atoms with E-state index < -0.39 is 33.2 Å². The molecular weight excluding hydrogens is 577 g/mol. The number of anilines is 3. The van der Waals surface area contributed by atoms with Crippen LogP contribution in [0.3, 0.4) is 0 Å².